The minimum absolute atomic E-state index is 0.728. The van der Waals surface area contributed by atoms with Gasteiger partial charge in [0.1, 0.15) is 0 Å². The van der Waals surface area contributed by atoms with Crippen molar-refractivity contribution in [3.8, 4) is 24.7 Å². The summed E-state index contributed by atoms with van der Waals surface area (Å²) in [5, 5.41) is 1.99. The van der Waals surface area contributed by atoms with E-state index in [2.05, 4.69) is 17.9 Å². The van der Waals surface area contributed by atoms with Gasteiger partial charge in [0.15, 0.2) is 0 Å². The Kier molecular flexibility index (Phi) is 1.98. The Bertz CT molecular complexity index is 563. The van der Waals surface area contributed by atoms with Gasteiger partial charge >= 0.3 is 0 Å². The minimum Gasteiger partial charge on any atom is -0.115 e. The van der Waals surface area contributed by atoms with Crippen LogP contribution in [0.3, 0.4) is 0 Å². The van der Waals surface area contributed by atoms with Crippen LogP contribution in [0, 0.1) is 30.8 Å². The van der Waals surface area contributed by atoms with Crippen LogP contribution in [0.1, 0.15) is 11.1 Å². The molecule has 0 heterocycles. The van der Waals surface area contributed by atoms with Crippen LogP contribution in [-0.2, 0) is 0 Å². The van der Waals surface area contributed by atoms with Gasteiger partial charge in [-0.25, -0.2) is 0 Å². The van der Waals surface area contributed by atoms with Crippen LogP contribution in [0.25, 0.3) is 10.8 Å². The molecule has 0 fully saturated rings. The first-order valence-corrected chi connectivity index (χ1v) is 4.23. The fraction of sp³-hybridized carbons (Fsp3) is 0. The van der Waals surface area contributed by atoms with E-state index in [1.54, 1.807) is 6.07 Å². The second-order valence-electron chi connectivity index (χ2n) is 2.91. The van der Waals surface area contributed by atoms with Crippen molar-refractivity contribution < 1.29 is 0 Å². The summed E-state index contributed by atoms with van der Waals surface area (Å²) in [5.41, 5.74) is 1.51. The van der Waals surface area contributed by atoms with Crippen LogP contribution in [0.5, 0.6) is 0 Å². The van der Waals surface area contributed by atoms with Crippen molar-refractivity contribution in [2.24, 2.45) is 0 Å². The molecule has 2 aromatic rings. The van der Waals surface area contributed by atoms with E-state index < -0.39 is 0 Å². The van der Waals surface area contributed by atoms with Crippen LogP contribution < -0.4 is 0 Å². The lowest BCUT2D eigenvalue weighted by Gasteiger charge is -2.02. The van der Waals surface area contributed by atoms with Crippen LogP contribution >= 0.6 is 0 Å². The summed E-state index contributed by atoms with van der Waals surface area (Å²) in [5.74, 6) is 5.19. The summed E-state index contributed by atoms with van der Waals surface area (Å²) in [6, 6.07) is 12.7. The van der Waals surface area contributed by atoms with E-state index in [4.69, 9.17) is 12.8 Å². The second kappa shape index (κ2) is 3.29. The SMILES string of the molecule is C#Cc1c[c]c2ccccc2c1C#C. The fourth-order valence-corrected chi connectivity index (χ4v) is 1.46. The van der Waals surface area contributed by atoms with Gasteiger partial charge in [0.25, 0.3) is 0 Å². The predicted molar refractivity (Wildman–Crippen MR) is 58.7 cm³/mol. The van der Waals surface area contributed by atoms with Crippen LogP contribution in [0.15, 0.2) is 30.3 Å². The highest BCUT2D eigenvalue weighted by Gasteiger charge is 2.02. The van der Waals surface area contributed by atoms with E-state index >= 15 is 0 Å². The highest BCUT2D eigenvalue weighted by molar-refractivity contribution is 5.89. The van der Waals surface area contributed by atoms with Crippen molar-refractivity contribution in [1.29, 1.82) is 0 Å². The molecule has 0 aliphatic heterocycles. The van der Waals surface area contributed by atoms with Gasteiger partial charge in [-0.05, 0) is 22.9 Å². The molecule has 14 heavy (non-hydrogen) atoms. The minimum atomic E-state index is 0.728. The van der Waals surface area contributed by atoms with Gasteiger partial charge in [-0.15, -0.1) is 12.8 Å². The van der Waals surface area contributed by atoms with Crippen LogP contribution in [0.4, 0.5) is 0 Å². The van der Waals surface area contributed by atoms with E-state index in [0.717, 1.165) is 21.9 Å². The average molecular weight is 175 g/mol. The Morgan fingerprint density at radius 3 is 2.57 bits per heavy atom. The Morgan fingerprint density at radius 1 is 1.07 bits per heavy atom. The number of benzene rings is 2. The third-order valence-electron chi connectivity index (χ3n) is 2.14. The maximum Gasteiger partial charge on any atom is 0.0477 e. The van der Waals surface area contributed by atoms with E-state index in [1.807, 2.05) is 24.3 Å². The second-order valence-corrected chi connectivity index (χ2v) is 2.91. The summed E-state index contributed by atoms with van der Waals surface area (Å²) in [7, 11) is 0. The first-order chi connectivity index (χ1) is 6.86. The average Bonchev–Trinajstić information content (AvgIpc) is 2.27. The topological polar surface area (TPSA) is 0 Å². The summed E-state index contributed by atoms with van der Waals surface area (Å²) in [6.45, 7) is 0. The monoisotopic (exact) mass is 175 g/mol. The summed E-state index contributed by atoms with van der Waals surface area (Å²) >= 11 is 0. The van der Waals surface area contributed by atoms with Crippen molar-refractivity contribution in [1.82, 2.24) is 0 Å². The molecular formula is C14H7. The summed E-state index contributed by atoms with van der Waals surface area (Å²) < 4.78 is 0. The molecule has 2 rings (SSSR count). The molecule has 1 radical (unpaired) electrons. The molecule has 0 aliphatic rings. The van der Waals surface area contributed by atoms with Crippen molar-refractivity contribution in [3.05, 3.63) is 47.5 Å². The van der Waals surface area contributed by atoms with Gasteiger partial charge in [-0.2, -0.15) is 0 Å². The highest BCUT2D eigenvalue weighted by atomic mass is 14.0. The molecule has 0 N–H and O–H groups in total. The van der Waals surface area contributed by atoms with Gasteiger partial charge in [-0.1, -0.05) is 36.1 Å². The molecule has 0 aromatic heterocycles. The predicted octanol–water partition coefficient (Wildman–Crippen LogP) is 2.60. The molecule has 0 amide bonds. The molecule has 0 nitrogen and oxygen atoms in total. The van der Waals surface area contributed by atoms with Crippen molar-refractivity contribution in [2.45, 2.75) is 0 Å². The molecule has 2 aromatic carbocycles. The maximum absolute atomic E-state index is 5.43. The van der Waals surface area contributed by atoms with Crippen LogP contribution in [0.2, 0.25) is 0 Å². The third-order valence-corrected chi connectivity index (χ3v) is 2.14. The number of terminal acetylenes is 2. The largest absolute Gasteiger partial charge is 0.115 e. The molecule has 0 bridgehead atoms. The Hall–Kier alpha value is -2.18. The molecule has 0 saturated carbocycles. The number of hydrogen-bond donors (Lipinski definition) is 0. The Labute approximate surface area is 83.6 Å². The number of hydrogen-bond acceptors (Lipinski definition) is 0. The first-order valence-electron chi connectivity index (χ1n) is 4.23. The van der Waals surface area contributed by atoms with Crippen molar-refractivity contribution >= 4 is 10.8 Å². The first kappa shape index (κ1) is 8.42. The summed E-state index contributed by atoms with van der Waals surface area (Å²) in [6.07, 6.45) is 10.8. The zero-order valence-corrected chi connectivity index (χ0v) is 7.54. The Morgan fingerprint density at radius 2 is 1.86 bits per heavy atom. The fourth-order valence-electron chi connectivity index (χ4n) is 1.46. The smallest absolute Gasteiger partial charge is 0.0477 e. The van der Waals surface area contributed by atoms with E-state index in [1.165, 1.54) is 0 Å². The zero-order chi connectivity index (χ0) is 9.97. The third kappa shape index (κ3) is 1.15. The van der Waals surface area contributed by atoms with Gasteiger partial charge in [0.2, 0.25) is 0 Å². The molecule has 0 unspecified atom stereocenters. The maximum atomic E-state index is 5.43. The molecule has 0 saturated heterocycles. The zero-order valence-electron chi connectivity index (χ0n) is 7.54. The van der Waals surface area contributed by atoms with E-state index in [-0.39, 0.29) is 0 Å². The Balaban J connectivity index is 2.94. The molecule has 0 atom stereocenters. The molecule has 0 spiro atoms. The van der Waals surface area contributed by atoms with Crippen molar-refractivity contribution in [3.63, 3.8) is 0 Å². The van der Waals surface area contributed by atoms with E-state index in [0.29, 0.717) is 0 Å². The normalized spacial score (nSPS) is 9.29. The number of fused-ring (bicyclic) bond motifs is 1. The van der Waals surface area contributed by atoms with Gasteiger partial charge < -0.3 is 0 Å². The summed E-state index contributed by atoms with van der Waals surface area (Å²) in [4.78, 5) is 0. The van der Waals surface area contributed by atoms with Gasteiger partial charge in [0.05, 0.1) is 0 Å². The lowest BCUT2D eigenvalue weighted by Crippen LogP contribution is -1.85. The van der Waals surface area contributed by atoms with Gasteiger partial charge in [0, 0.05) is 11.1 Å². The quantitative estimate of drug-likeness (QED) is 0.540. The van der Waals surface area contributed by atoms with E-state index in [9.17, 15) is 0 Å². The highest BCUT2D eigenvalue weighted by Crippen LogP contribution is 2.20. The standard InChI is InChI=1S/C14H7/c1-3-11-9-10-12-7-5-6-8-14(12)13(11)4-2/h1-2,5-9H. The lowest BCUT2D eigenvalue weighted by atomic mass is 10.00. The number of rotatable bonds is 0. The molecule has 0 aliphatic carbocycles. The molecular weight excluding hydrogens is 168 g/mol. The molecule has 0 heteroatoms. The van der Waals surface area contributed by atoms with Crippen LogP contribution in [-0.4, -0.2) is 0 Å². The van der Waals surface area contributed by atoms with Gasteiger partial charge in [-0.3, -0.25) is 0 Å². The van der Waals surface area contributed by atoms with Crippen molar-refractivity contribution in [2.75, 3.05) is 0 Å². The lowest BCUT2D eigenvalue weighted by molar-refractivity contribution is 1.64. The molecule has 63 valence electrons.